The molecule has 2 nitrogen and oxygen atoms in total. The number of fused-ring (bicyclic) bond motifs is 2. The molecule has 22 heavy (non-hydrogen) atoms. The molecule has 0 unspecified atom stereocenters. The van der Waals surface area contributed by atoms with Crippen molar-refractivity contribution in [1.82, 2.24) is 4.90 Å². The Morgan fingerprint density at radius 2 is 1.50 bits per heavy atom. The standard InChI is InChI=1S/C17H18Br2N2S/c1-20(2)8-3-9-21-14-6-4-12(18)10-16(14)22-17-11-13(19)5-7-15(17)21/h4-7,10-11H,3,8-9H2,1-2H3. The smallest absolute Gasteiger partial charge is 0.0553 e. The van der Waals surface area contributed by atoms with Crippen molar-refractivity contribution in [3.05, 3.63) is 45.3 Å². The zero-order valence-corrected chi connectivity index (χ0v) is 16.6. The maximum Gasteiger partial charge on any atom is 0.0553 e. The summed E-state index contributed by atoms with van der Waals surface area (Å²) in [5.41, 5.74) is 2.61. The van der Waals surface area contributed by atoms with Gasteiger partial charge >= 0.3 is 0 Å². The molecule has 0 atom stereocenters. The summed E-state index contributed by atoms with van der Waals surface area (Å²) in [5.74, 6) is 0. The van der Waals surface area contributed by atoms with E-state index in [1.165, 1.54) is 21.2 Å². The Balaban J connectivity index is 1.96. The van der Waals surface area contributed by atoms with Crippen LogP contribution in [-0.4, -0.2) is 32.1 Å². The molecule has 1 aliphatic heterocycles. The molecule has 5 heteroatoms. The summed E-state index contributed by atoms with van der Waals surface area (Å²) >= 11 is 9.02. The van der Waals surface area contributed by atoms with Gasteiger partial charge in [0, 0.05) is 25.3 Å². The lowest BCUT2D eigenvalue weighted by atomic mass is 10.2. The van der Waals surface area contributed by atoms with Gasteiger partial charge in [-0.25, -0.2) is 0 Å². The van der Waals surface area contributed by atoms with E-state index in [-0.39, 0.29) is 0 Å². The molecule has 2 aromatic carbocycles. The summed E-state index contributed by atoms with van der Waals surface area (Å²) in [7, 11) is 4.25. The number of hydrogen-bond acceptors (Lipinski definition) is 3. The van der Waals surface area contributed by atoms with Crippen LogP contribution in [0.15, 0.2) is 55.1 Å². The van der Waals surface area contributed by atoms with Crippen molar-refractivity contribution in [2.24, 2.45) is 0 Å². The Bertz CT molecular complexity index is 637. The Labute approximate surface area is 153 Å². The van der Waals surface area contributed by atoms with Crippen LogP contribution < -0.4 is 4.90 Å². The van der Waals surface area contributed by atoms with Crippen molar-refractivity contribution < 1.29 is 0 Å². The predicted molar refractivity (Wildman–Crippen MR) is 103 cm³/mol. The molecule has 2 aromatic rings. The van der Waals surface area contributed by atoms with Gasteiger partial charge in [-0.05, 0) is 63.5 Å². The van der Waals surface area contributed by atoms with Crippen LogP contribution in [0.3, 0.4) is 0 Å². The average molecular weight is 442 g/mol. The van der Waals surface area contributed by atoms with Gasteiger partial charge < -0.3 is 9.80 Å². The van der Waals surface area contributed by atoms with Crippen LogP contribution in [0.2, 0.25) is 0 Å². The van der Waals surface area contributed by atoms with Gasteiger partial charge in [-0.15, -0.1) is 0 Å². The lowest BCUT2D eigenvalue weighted by Crippen LogP contribution is -2.25. The maximum absolute atomic E-state index is 3.59. The minimum absolute atomic E-state index is 1.03. The third kappa shape index (κ3) is 3.53. The molecule has 0 saturated carbocycles. The molecular weight excluding hydrogens is 424 g/mol. The molecule has 116 valence electrons. The van der Waals surface area contributed by atoms with E-state index >= 15 is 0 Å². The zero-order chi connectivity index (χ0) is 15.7. The highest BCUT2D eigenvalue weighted by molar-refractivity contribution is 9.10. The second kappa shape index (κ2) is 6.95. The molecule has 0 spiro atoms. The first-order chi connectivity index (χ1) is 10.5. The van der Waals surface area contributed by atoms with Crippen molar-refractivity contribution in [1.29, 1.82) is 0 Å². The van der Waals surface area contributed by atoms with Crippen LogP contribution in [0.25, 0.3) is 0 Å². The van der Waals surface area contributed by atoms with Crippen molar-refractivity contribution in [2.75, 3.05) is 32.1 Å². The van der Waals surface area contributed by atoms with Gasteiger partial charge in [0.15, 0.2) is 0 Å². The van der Waals surface area contributed by atoms with E-state index in [2.05, 4.69) is 92.2 Å². The zero-order valence-electron chi connectivity index (χ0n) is 12.6. The second-order valence-corrected chi connectivity index (χ2v) is 8.55. The monoisotopic (exact) mass is 440 g/mol. The fourth-order valence-corrected chi connectivity index (χ4v) is 4.82. The third-order valence-electron chi connectivity index (χ3n) is 3.63. The van der Waals surface area contributed by atoms with E-state index in [1.807, 2.05) is 11.8 Å². The number of benzene rings is 2. The second-order valence-electron chi connectivity index (χ2n) is 5.63. The van der Waals surface area contributed by atoms with Crippen LogP contribution in [0.1, 0.15) is 6.42 Å². The van der Waals surface area contributed by atoms with Gasteiger partial charge in [-0.1, -0.05) is 43.6 Å². The summed E-state index contributed by atoms with van der Waals surface area (Å²) in [4.78, 5) is 7.31. The third-order valence-corrected chi connectivity index (χ3v) is 5.71. The van der Waals surface area contributed by atoms with Gasteiger partial charge in [0.2, 0.25) is 0 Å². The first-order valence-electron chi connectivity index (χ1n) is 7.24. The number of nitrogens with zero attached hydrogens (tertiary/aromatic N) is 2. The molecule has 0 amide bonds. The van der Waals surface area contributed by atoms with Gasteiger partial charge in [0.1, 0.15) is 0 Å². The fourth-order valence-electron chi connectivity index (χ4n) is 2.62. The Morgan fingerprint density at radius 3 is 2.00 bits per heavy atom. The SMILES string of the molecule is CN(C)CCCN1c2ccc(Br)cc2Sc2cc(Br)ccc21. The fraction of sp³-hybridized carbons (Fsp3) is 0.294. The van der Waals surface area contributed by atoms with E-state index in [9.17, 15) is 0 Å². The molecule has 0 aliphatic carbocycles. The van der Waals surface area contributed by atoms with Gasteiger partial charge in [0.25, 0.3) is 0 Å². The van der Waals surface area contributed by atoms with Crippen molar-refractivity contribution in [2.45, 2.75) is 16.2 Å². The van der Waals surface area contributed by atoms with Crippen LogP contribution in [-0.2, 0) is 0 Å². The summed E-state index contributed by atoms with van der Waals surface area (Å²) in [6.07, 6.45) is 1.14. The van der Waals surface area contributed by atoms with Crippen molar-refractivity contribution in [3.63, 3.8) is 0 Å². The Morgan fingerprint density at radius 1 is 0.955 bits per heavy atom. The molecule has 0 fully saturated rings. The summed E-state index contributed by atoms with van der Waals surface area (Å²) < 4.78 is 2.26. The Hall–Kier alpha value is -0.490. The van der Waals surface area contributed by atoms with Crippen LogP contribution >= 0.6 is 43.6 Å². The van der Waals surface area contributed by atoms with E-state index in [0.29, 0.717) is 0 Å². The van der Waals surface area contributed by atoms with E-state index in [0.717, 1.165) is 28.5 Å². The molecular formula is C17H18Br2N2S. The summed E-state index contributed by atoms with van der Waals surface area (Å²) in [5, 5.41) is 0. The van der Waals surface area contributed by atoms with E-state index in [4.69, 9.17) is 0 Å². The quantitative estimate of drug-likeness (QED) is 0.594. The minimum Gasteiger partial charge on any atom is -0.340 e. The minimum atomic E-state index is 1.03. The topological polar surface area (TPSA) is 6.48 Å². The molecule has 3 rings (SSSR count). The van der Waals surface area contributed by atoms with Crippen molar-refractivity contribution in [3.8, 4) is 0 Å². The van der Waals surface area contributed by atoms with E-state index < -0.39 is 0 Å². The molecule has 0 radical (unpaired) electrons. The first-order valence-corrected chi connectivity index (χ1v) is 9.64. The number of anilines is 2. The normalized spacial score (nSPS) is 13.2. The number of rotatable bonds is 4. The Kier molecular flexibility index (Phi) is 5.17. The molecule has 0 aromatic heterocycles. The summed E-state index contributed by atoms with van der Waals surface area (Å²) in [6.45, 7) is 2.13. The van der Waals surface area contributed by atoms with Crippen molar-refractivity contribution >= 4 is 55.0 Å². The van der Waals surface area contributed by atoms with E-state index in [1.54, 1.807) is 0 Å². The van der Waals surface area contributed by atoms with Gasteiger partial charge in [-0.2, -0.15) is 0 Å². The molecule has 0 saturated heterocycles. The lowest BCUT2D eigenvalue weighted by Gasteiger charge is -2.33. The highest BCUT2D eigenvalue weighted by Crippen LogP contribution is 2.49. The van der Waals surface area contributed by atoms with Gasteiger partial charge in [-0.3, -0.25) is 0 Å². The van der Waals surface area contributed by atoms with Crippen LogP contribution in [0.5, 0.6) is 0 Å². The van der Waals surface area contributed by atoms with Crippen LogP contribution in [0, 0.1) is 0 Å². The number of hydrogen-bond donors (Lipinski definition) is 0. The predicted octanol–water partition coefficient (Wildman–Crippen LogP) is 5.77. The first kappa shape index (κ1) is 16.4. The molecule has 1 heterocycles. The molecule has 0 bridgehead atoms. The molecule has 1 aliphatic rings. The summed E-state index contributed by atoms with van der Waals surface area (Å²) in [6, 6.07) is 13.1. The van der Waals surface area contributed by atoms with Crippen LogP contribution in [0.4, 0.5) is 11.4 Å². The lowest BCUT2D eigenvalue weighted by molar-refractivity contribution is 0.402. The largest absolute Gasteiger partial charge is 0.340 e. The highest BCUT2D eigenvalue weighted by Gasteiger charge is 2.23. The highest BCUT2D eigenvalue weighted by atomic mass is 79.9. The maximum atomic E-state index is 3.59. The number of halogens is 2. The average Bonchev–Trinajstić information content (AvgIpc) is 2.45. The van der Waals surface area contributed by atoms with Gasteiger partial charge in [0.05, 0.1) is 11.4 Å². The molecule has 0 N–H and O–H groups in total.